The van der Waals surface area contributed by atoms with E-state index in [0.717, 1.165) is 10.5 Å². The number of nitrogens with one attached hydrogen (secondary N) is 2. The number of halogens is 6. The van der Waals surface area contributed by atoms with E-state index in [1.807, 2.05) is 5.32 Å². The van der Waals surface area contributed by atoms with Crippen LogP contribution in [-0.4, -0.2) is 46.7 Å². The fraction of sp³-hybridized carbons (Fsp3) is 0.444. The third-order valence-corrected chi connectivity index (χ3v) is 7.33. The molecule has 3 aromatic rings. The highest BCUT2D eigenvalue weighted by atomic mass is 19.4. The van der Waals surface area contributed by atoms with E-state index < -0.39 is 74.0 Å². The number of aromatic nitrogens is 1. The van der Waals surface area contributed by atoms with E-state index in [1.165, 1.54) is 12.1 Å². The second-order valence-corrected chi connectivity index (χ2v) is 10.2. The first-order valence-corrected chi connectivity index (χ1v) is 12.9. The average Bonchev–Trinajstić information content (AvgIpc) is 3.53. The molecule has 1 aromatic heterocycles. The van der Waals surface area contributed by atoms with Gasteiger partial charge < -0.3 is 24.7 Å². The number of alkyl halides is 5. The van der Waals surface area contributed by atoms with Crippen LogP contribution < -0.4 is 10.6 Å². The molecule has 0 spiro atoms. The average molecular weight is 585 g/mol. The summed E-state index contributed by atoms with van der Waals surface area (Å²) in [5.41, 5.74) is 0.335. The normalized spacial score (nSPS) is 20.2. The number of ether oxygens (including phenoxy) is 1. The minimum absolute atomic E-state index is 0.0223. The van der Waals surface area contributed by atoms with Crippen molar-refractivity contribution in [2.45, 2.75) is 63.0 Å². The van der Waals surface area contributed by atoms with Crippen LogP contribution in [0.25, 0.3) is 11.1 Å². The lowest BCUT2D eigenvalue weighted by Crippen LogP contribution is -2.40. The number of benzene rings is 2. The summed E-state index contributed by atoms with van der Waals surface area (Å²) in [5, 5.41) is 4.45. The number of nitrogens with zero attached hydrogens (tertiary/aromatic N) is 2. The Morgan fingerprint density at radius 2 is 1.88 bits per heavy atom. The molecule has 2 N–H and O–H groups in total. The molecule has 41 heavy (non-hydrogen) atoms. The number of fused-ring (bicyclic) bond motifs is 1. The Bertz CT molecular complexity index is 1400. The van der Waals surface area contributed by atoms with Crippen LogP contribution in [0.15, 0.2) is 46.9 Å². The summed E-state index contributed by atoms with van der Waals surface area (Å²) in [6.07, 6.45) is -6.25. The van der Waals surface area contributed by atoms with Crippen molar-refractivity contribution in [1.82, 2.24) is 20.5 Å². The van der Waals surface area contributed by atoms with Gasteiger partial charge in [-0.15, -0.1) is 0 Å². The van der Waals surface area contributed by atoms with Crippen LogP contribution in [0, 0.1) is 11.7 Å². The fourth-order valence-electron chi connectivity index (χ4n) is 5.06. The third kappa shape index (κ3) is 6.51. The van der Waals surface area contributed by atoms with E-state index >= 15 is 4.39 Å². The van der Waals surface area contributed by atoms with Gasteiger partial charge in [0.25, 0.3) is 0 Å². The SMILES string of the molecule is O=C(N[C@H](c1nc2c(F)c(CN3C[C@@H](C(F)(F)F)NC3=O)ccc2o1)C1CCC(F)(F)CC1)OCc1ccccc1. The van der Waals surface area contributed by atoms with Gasteiger partial charge >= 0.3 is 18.3 Å². The maximum Gasteiger partial charge on any atom is 0.410 e. The molecule has 2 fully saturated rings. The molecule has 1 aliphatic carbocycles. The first kappa shape index (κ1) is 28.6. The lowest BCUT2D eigenvalue weighted by molar-refractivity contribution is -0.149. The van der Waals surface area contributed by atoms with Crippen LogP contribution in [-0.2, 0) is 17.9 Å². The van der Waals surface area contributed by atoms with Crippen molar-refractivity contribution < 1.29 is 45.1 Å². The quantitative estimate of drug-likeness (QED) is 0.322. The number of hydrogen-bond donors (Lipinski definition) is 2. The predicted octanol–water partition coefficient (Wildman–Crippen LogP) is 6.22. The predicted molar refractivity (Wildman–Crippen MR) is 132 cm³/mol. The second kappa shape index (κ2) is 11.1. The number of hydrogen-bond acceptors (Lipinski definition) is 5. The fourth-order valence-corrected chi connectivity index (χ4v) is 5.06. The van der Waals surface area contributed by atoms with Crippen LogP contribution in [0.3, 0.4) is 0 Å². The summed E-state index contributed by atoms with van der Waals surface area (Å²) < 4.78 is 93.3. The minimum atomic E-state index is -4.65. The Morgan fingerprint density at radius 3 is 2.54 bits per heavy atom. The Balaban J connectivity index is 1.36. The highest BCUT2D eigenvalue weighted by Gasteiger charge is 2.47. The largest absolute Gasteiger partial charge is 0.445 e. The Labute approximate surface area is 230 Å². The lowest BCUT2D eigenvalue weighted by atomic mass is 9.82. The Kier molecular flexibility index (Phi) is 7.75. The summed E-state index contributed by atoms with van der Waals surface area (Å²) in [4.78, 5) is 29.7. The van der Waals surface area contributed by atoms with Crippen molar-refractivity contribution >= 4 is 23.2 Å². The van der Waals surface area contributed by atoms with Crippen LogP contribution in [0.5, 0.6) is 0 Å². The monoisotopic (exact) mass is 584 g/mol. The van der Waals surface area contributed by atoms with Crippen molar-refractivity contribution in [3.05, 3.63) is 65.3 Å². The summed E-state index contributed by atoms with van der Waals surface area (Å²) in [7, 11) is 0. The number of amides is 3. The van der Waals surface area contributed by atoms with Gasteiger partial charge in [0.05, 0.1) is 13.1 Å². The summed E-state index contributed by atoms with van der Waals surface area (Å²) in [6.45, 7) is -1.19. The van der Waals surface area contributed by atoms with Gasteiger partial charge in [-0.3, -0.25) is 0 Å². The summed E-state index contributed by atoms with van der Waals surface area (Å²) in [5.74, 6) is -4.40. The highest BCUT2D eigenvalue weighted by molar-refractivity contribution is 5.78. The molecular formula is C27H26F6N4O4. The zero-order valence-electron chi connectivity index (χ0n) is 21.5. The molecule has 0 bridgehead atoms. The van der Waals surface area contributed by atoms with Gasteiger partial charge in [0.1, 0.15) is 24.2 Å². The van der Waals surface area contributed by atoms with E-state index in [2.05, 4.69) is 10.3 Å². The molecule has 14 heteroatoms. The molecule has 0 unspecified atom stereocenters. The molecule has 2 aliphatic rings. The first-order valence-electron chi connectivity index (χ1n) is 12.9. The highest BCUT2D eigenvalue weighted by Crippen LogP contribution is 2.42. The van der Waals surface area contributed by atoms with Crippen LogP contribution in [0.1, 0.15) is 48.7 Å². The van der Waals surface area contributed by atoms with Gasteiger partial charge in [0, 0.05) is 18.4 Å². The van der Waals surface area contributed by atoms with E-state index in [-0.39, 0.29) is 42.0 Å². The molecule has 220 valence electrons. The third-order valence-electron chi connectivity index (χ3n) is 7.33. The number of carbonyl (C=O) groups excluding carboxylic acids is 2. The molecule has 1 aliphatic heterocycles. The lowest BCUT2D eigenvalue weighted by Gasteiger charge is -2.32. The first-order chi connectivity index (χ1) is 19.4. The molecule has 1 saturated heterocycles. The Morgan fingerprint density at radius 1 is 1.17 bits per heavy atom. The number of urea groups is 1. The molecule has 1 saturated carbocycles. The summed E-state index contributed by atoms with van der Waals surface area (Å²) >= 11 is 0. The topological polar surface area (TPSA) is 96.7 Å². The molecule has 2 atom stereocenters. The number of oxazole rings is 1. The molecular weight excluding hydrogens is 558 g/mol. The van der Waals surface area contributed by atoms with Crippen molar-refractivity contribution in [3.63, 3.8) is 0 Å². The number of rotatable bonds is 7. The van der Waals surface area contributed by atoms with Crippen molar-refractivity contribution in [3.8, 4) is 0 Å². The van der Waals surface area contributed by atoms with Gasteiger partial charge in [-0.1, -0.05) is 36.4 Å². The van der Waals surface area contributed by atoms with Gasteiger partial charge in [-0.25, -0.2) is 27.7 Å². The maximum absolute atomic E-state index is 15.5. The van der Waals surface area contributed by atoms with Gasteiger partial charge in [-0.05, 0) is 30.4 Å². The number of carbonyl (C=O) groups is 2. The second-order valence-electron chi connectivity index (χ2n) is 10.2. The van der Waals surface area contributed by atoms with Crippen molar-refractivity contribution in [2.75, 3.05) is 6.54 Å². The van der Waals surface area contributed by atoms with Gasteiger partial charge in [0.15, 0.2) is 11.4 Å². The maximum atomic E-state index is 15.5. The minimum Gasteiger partial charge on any atom is -0.445 e. The number of alkyl carbamates (subject to hydrolysis) is 1. The van der Waals surface area contributed by atoms with Crippen molar-refractivity contribution in [2.24, 2.45) is 5.92 Å². The molecule has 5 rings (SSSR count). The summed E-state index contributed by atoms with van der Waals surface area (Å²) in [6, 6.07) is 7.39. The van der Waals surface area contributed by atoms with Crippen LogP contribution in [0.2, 0.25) is 0 Å². The zero-order chi connectivity index (χ0) is 29.4. The van der Waals surface area contributed by atoms with Gasteiger partial charge in [0.2, 0.25) is 11.8 Å². The van der Waals surface area contributed by atoms with E-state index in [1.54, 1.807) is 30.3 Å². The Hall–Kier alpha value is -3.97. The van der Waals surface area contributed by atoms with Crippen LogP contribution in [0.4, 0.5) is 35.9 Å². The molecule has 2 aromatic carbocycles. The van der Waals surface area contributed by atoms with E-state index in [0.29, 0.717) is 0 Å². The van der Waals surface area contributed by atoms with Crippen molar-refractivity contribution in [1.29, 1.82) is 0 Å². The smallest absolute Gasteiger partial charge is 0.410 e. The van der Waals surface area contributed by atoms with E-state index in [4.69, 9.17) is 9.15 Å². The molecule has 8 nitrogen and oxygen atoms in total. The molecule has 3 amide bonds. The van der Waals surface area contributed by atoms with Crippen LogP contribution >= 0.6 is 0 Å². The molecule has 0 radical (unpaired) electrons. The van der Waals surface area contributed by atoms with Gasteiger partial charge in [-0.2, -0.15) is 13.2 Å². The van der Waals surface area contributed by atoms with E-state index in [9.17, 15) is 31.5 Å². The molecule has 2 heterocycles. The standard InChI is InChI=1S/C27H26F6N4O4/c28-20-17(12-37-13-19(27(31,32)33)34-24(37)38)6-7-18-22(20)35-23(41-18)21(16-8-10-26(29,30)11-9-16)36-25(39)40-14-15-4-2-1-3-5-15/h1-7,16,19,21H,8-14H2,(H,34,38)(H,36,39)/t19-,21-/m0/s1. The zero-order valence-corrected chi connectivity index (χ0v) is 21.5.